The van der Waals surface area contributed by atoms with Gasteiger partial charge in [0.05, 0.1) is 0 Å². The highest BCUT2D eigenvalue weighted by Crippen LogP contribution is 2.43. The van der Waals surface area contributed by atoms with Gasteiger partial charge in [0.1, 0.15) is 0 Å². The van der Waals surface area contributed by atoms with Crippen LogP contribution in [0.5, 0.6) is 0 Å². The molecule has 0 spiro atoms. The van der Waals surface area contributed by atoms with Crippen molar-refractivity contribution >= 4 is 11.7 Å². The monoisotopic (exact) mass is 193 g/mol. The zero-order chi connectivity index (χ0) is 10.1. The van der Waals surface area contributed by atoms with Crippen LogP contribution in [-0.2, 0) is 0 Å². The summed E-state index contributed by atoms with van der Waals surface area (Å²) < 4.78 is 0. The second-order valence-electron chi connectivity index (χ2n) is 4.12. The minimum Gasteiger partial charge on any atom is -0.350 e. The summed E-state index contributed by atoms with van der Waals surface area (Å²) in [5.41, 5.74) is 8.22. The number of nitrogens with one attached hydrogen (secondary N) is 1. The van der Waals surface area contributed by atoms with Gasteiger partial charge in [-0.15, -0.1) is 0 Å². The molecule has 3 N–H and O–H groups in total. The van der Waals surface area contributed by atoms with E-state index in [4.69, 9.17) is 5.73 Å². The molecule has 2 bridgehead atoms. The van der Waals surface area contributed by atoms with Gasteiger partial charge in [-0.2, -0.15) is 5.10 Å². The maximum Gasteiger partial charge on any atom is 0.332 e. The first kappa shape index (κ1) is 9.24. The molecule has 2 amide bonds. The summed E-state index contributed by atoms with van der Waals surface area (Å²) in [6.07, 6.45) is 6.96. The quantitative estimate of drug-likeness (QED) is 0.387. The van der Waals surface area contributed by atoms with E-state index in [2.05, 4.69) is 22.7 Å². The number of rotatable bonds is 2. The van der Waals surface area contributed by atoms with E-state index in [0.717, 1.165) is 18.1 Å². The molecule has 0 aliphatic heterocycles. The average molecular weight is 193 g/mol. The van der Waals surface area contributed by atoms with Crippen LogP contribution < -0.4 is 11.2 Å². The SMILES string of the molecule is C/C(=N/NC(N)=O)[C@@H]1C[C@H]2C=C[C@H]1C2. The summed E-state index contributed by atoms with van der Waals surface area (Å²) in [5, 5.41) is 3.98. The molecule has 14 heavy (non-hydrogen) atoms. The second-order valence-corrected chi connectivity index (χ2v) is 4.12. The van der Waals surface area contributed by atoms with Gasteiger partial charge in [0.25, 0.3) is 0 Å². The number of urea groups is 1. The van der Waals surface area contributed by atoms with Gasteiger partial charge in [0.15, 0.2) is 0 Å². The summed E-state index contributed by atoms with van der Waals surface area (Å²) >= 11 is 0. The zero-order valence-corrected chi connectivity index (χ0v) is 8.23. The van der Waals surface area contributed by atoms with Crippen molar-refractivity contribution in [1.82, 2.24) is 5.43 Å². The summed E-state index contributed by atoms with van der Waals surface area (Å²) in [6.45, 7) is 1.95. The fraction of sp³-hybridized carbons (Fsp3) is 0.600. The van der Waals surface area contributed by atoms with Gasteiger partial charge in [-0.25, -0.2) is 10.2 Å². The number of hydrogen-bond acceptors (Lipinski definition) is 2. The molecule has 1 fully saturated rings. The van der Waals surface area contributed by atoms with Crippen molar-refractivity contribution in [3.05, 3.63) is 12.2 Å². The minimum atomic E-state index is -0.594. The van der Waals surface area contributed by atoms with Gasteiger partial charge in [-0.3, -0.25) is 0 Å². The highest BCUT2D eigenvalue weighted by molar-refractivity contribution is 5.86. The van der Waals surface area contributed by atoms with Crippen molar-refractivity contribution in [1.29, 1.82) is 0 Å². The Kier molecular flexibility index (Phi) is 2.27. The number of hydrogen-bond donors (Lipinski definition) is 2. The number of carbonyl (C=O) groups excluding carboxylic acids is 1. The Bertz CT molecular complexity index is 308. The molecule has 2 rings (SSSR count). The van der Waals surface area contributed by atoms with Crippen LogP contribution in [0.1, 0.15) is 19.8 Å². The molecule has 3 atom stereocenters. The van der Waals surface area contributed by atoms with E-state index in [1.807, 2.05) is 6.92 Å². The van der Waals surface area contributed by atoms with Crippen LogP contribution in [-0.4, -0.2) is 11.7 Å². The van der Waals surface area contributed by atoms with Gasteiger partial charge in [-0.1, -0.05) is 12.2 Å². The molecule has 2 aliphatic carbocycles. The predicted molar refractivity (Wildman–Crippen MR) is 54.7 cm³/mol. The lowest BCUT2D eigenvalue weighted by atomic mass is 9.90. The number of primary amides is 1. The van der Waals surface area contributed by atoms with E-state index in [1.54, 1.807) is 0 Å². The Labute approximate surface area is 83.2 Å². The van der Waals surface area contributed by atoms with E-state index in [-0.39, 0.29) is 0 Å². The van der Waals surface area contributed by atoms with E-state index in [0.29, 0.717) is 11.8 Å². The van der Waals surface area contributed by atoms with Crippen LogP contribution in [0.3, 0.4) is 0 Å². The third-order valence-corrected chi connectivity index (χ3v) is 3.16. The number of nitrogens with two attached hydrogens (primary N) is 1. The smallest absolute Gasteiger partial charge is 0.332 e. The minimum absolute atomic E-state index is 0.497. The lowest BCUT2D eigenvalue weighted by Crippen LogP contribution is -2.27. The first-order chi connectivity index (χ1) is 6.66. The molecule has 76 valence electrons. The molecule has 1 saturated carbocycles. The standard InChI is InChI=1S/C10H15N3O/c1-6(12-13-10(11)14)9-5-7-2-3-8(9)4-7/h2-3,7-9H,4-5H2,1H3,(H3,11,13,14)/b12-6-/t7-,8-,9-/m0/s1. The Morgan fingerprint density at radius 1 is 1.50 bits per heavy atom. The van der Waals surface area contributed by atoms with Crippen LogP contribution in [0.4, 0.5) is 4.79 Å². The Hall–Kier alpha value is -1.32. The van der Waals surface area contributed by atoms with E-state index >= 15 is 0 Å². The molecule has 0 unspecified atom stereocenters. The fourth-order valence-electron chi connectivity index (χ4n) is 2.49. The largest absolute Gasteiger partial charge is 0.350 e. The van der Waals surface area contributed by atoms with E-state index < -0.39 is 6.03 Å². The van der Waals surface area contributed by atoms with Crippen LogP contribution in [0, 0.1) is 17.8 Å². The Balaban J connectivity index is 1.99. The maximum atomic E-state index is 10.5. The first-order valence-electron chi connectivity index (χ1n) is 4.95. The van der Waals surface area contributed by atoms with Crippen LogP contribution in [0.25, 0.3) is 0 Å². The summed E-state index contributed by atoms with van der Waals surface area (Å²) in [5.74, 6) is 1.85. The normalized spacial score (nSPS) is 34.9. The van der Waals surface area contributed by atoms with Gasteiger partial charge in [-0.05, 0) is 31.6 Å². The maximum absolute atomic E-state index is 10.5. The molecule has 0 heterocycles. The first-order valence-corrected chi connectivity index (χ1v) is 4.95. The lowest BCUT2D eigenvalue weighted by Gasteiger charge is -2.17. The van der Waals surface area contributed by atoms with Crippen LogP contribution in [0.15, 0.2) is 17.3 Å². The highest BCUT2D eigenvalue weighted by atomic mass is 16.2. The number of carbonyl (C=O) groups is 1. The van der Waals surface area contributed by atoms with Crippen LogP contribution >= 0.6 is 0 Å². The highest BCUT2D eigenvalue weighted by Gasteiger charge is 2.37. The molecule has 0 aromatic rings. The number of nitrogens with zero attached hydrogens (tertiary/aromatic N) is 1. The zero-order valence-electron chi connectivity index (χ0n) is 8.23. The molecule has 4 nitrogen and oxygen atoms in total. The summed E-state index contributed by atoms with van der Waals surface area (Å²) in [6, 6.07) is -0.594. The van der Waals surface area contributed by atoms with Crippen molar-refractivity contribution in [2.24, 2.45) is 28.6 Å². The van der Waals surface area contributed by atoms with Gasteiger partial charge < -0.3 is 5.73 Å². The van der Waals surface area contributed by atoms with Crippen molar-refractivity contribution < 1.29 is 4.79 Å². The third-order valence-electron chi connectivity index (χ3n) is 3.16. The molecular weight excluding hydrogens is 178 g/mol. The predicted octanol–water partition coefficient (Wildman–Crippen LogP) is 1.24. The molecular formula is C10H15N3O. The van der Waals surface area contributed by atoms with Crippen molar-refractivity contribution in [3.8, 4) is 0 Å². The van der Waals surface area contributed by atoms with Gasteiger partial charge in [0, 0.05) is 11.6 Å². The van der Waals surface area contributed by atoms with Crippen molar-refractivity contribution in [2.45, 2.75) is 19.8 Å². The summed E-state index contributed by atoms with van der Waals surface area (Å²) in [7, 11) is 0. The van der Waals surface area contributed by atoms with Crippen LogP contribution in [0.2, 0.25) is 0 Å². The topological polar surface area (TPSA) is 67.5 Å². The van der Waals surface area contributed by atoms with Gasteiger partial charge in [0.2, 0.25) is 0 Å². The Morgan fingerprint density at radius 2 is 2.29 bits per heavy atom. The van der Waals surface area contributed by atoms with Gasteiger partial charge >= 0.3 is 6.03 Å². The number of amides is 2. The van der Waals surface area contributed by atoms with E-state index in [9.17, 15) is 4.79 Å². The molecule has 0 aromatic heterocycles. The molecule has 2 aliphatic rings. The average Bonchev–Trinajstić information content (AvgIpc) is 2.74. The second kappa shape index (κ2) is 3.44. The number of hydrazone groups is 1. The molecule has 4 heteroatoms. The van der Waals surface area contributed by atoms with Crippen molar-refractivity contribution in [2.75, 3.05) is 0 Å². The Morgan fingerprint density at radius 3 is 2.79 bits per heavy atom. The fourth-order valence-corrected chi connectivity index (χ4v) is 2.49. The lowest BCUT2D eigenvalue weighted by molar-refractivity contribution is 0.249. The number of allylic oxidation sites excluding steroid dienone is 2. The van der Waals surface area contributed by atoms with Crippen molar-refractivity contribution in [3.63, 3.8) is 0 Å². The van der Waals surface area contributed by atoms with E-state index in [1.165, 1.54) is 6.42 Å². The number of fused-ring (bicyclic) bond motifs is 2. The summed E-state index contributed by atoms with van der Waals surface area (Å²) in [4.78, 5) is 10.5. The molecule has 0 saturated heterocycles. The molecule has 0 radical (unpaired) electrons. The molecule has 0 aromatic carbocycles. The third kappa shape index (κ3) is 1.64.